The highest BCUT2D eigenvalue weighted by Crippen LogP contribution is 2.36. The Morgan fingerprint density at radius 2 is 1.72 bits per heavy atom. The van der Waals surface area contributed by atoms with E-state index in [2.05, 4.69) is 10.3 Å². The highest BCUT2D eigenvalue weighted by molar-refractivity contribution is 5.96. The van der Waals surface area contributed by atoms with Crippen molar-refractivity contribution in [3.63, 3.8) is 0 Å². The van der Waals surface area contributed by atoms with E-state index in [0.29, 0.717) is 39.3 Å². The average molecular weight is 396 g/mol. The van der Waals surface area contributed by atoms with Crippen molar-refractivity contribution in [1.29, 1.82) is 0 Å². The van der Waals surface area contributed by atoms with Crippen molar-refractivity contribution in [2.45, 2.75) is 13.8 Å². The number of methoxy groups -OCH3 is 2. The molecule has 2 aromatic carbocycles. The summed E-state index contributed by atoms with van der Waals surface area (Å²) >= 11 is 0. The number of hydrogen-bond acceptors (Lipinski definition) is 6. The first kappa shape index (κ1) is 19.9. The van der Waals surface area contributed by atoms with Gasteiger partial charge in [0.15, 0.2) is 11.5 Å². The monoisotopic (exact) mass is 396 g/mol. The standard InChI is InChI=1S/C21H20N2O6/c1-11-7-14-17(9-15(11)22-12(2)24)23-16(10-19(14)29-21(25)26)13-5-6-18(27-3)20(8-13)28-4/h5-10H,1-4H3,(H,22,24)(H,25,26). The van der Waals surface area contributed by atoms with Gasteiger partial charge in [0.25, 0.3) is 0 Å². The van der Waals surface area contributed by atoms with E-state index in [-0.39, 0.29) is 11.7 Å². The normalized spacial score (nSPS) is 10.5. The number of ether oxygens (including phenoxy) is 3. The van der Waals surface area contributed by atoms with Crippen LogP contribution in [0.15, 0.2) is 36.4 Å². The molecule has 1 aromatic heterocycles. The van der Waals surface area contributed by atoms with Crippen LogP contribution < -0.4 is 19.5 Å². The first-order chi connectivity index (χ1) is 13.8. The van der Waals surface area contributed by atoms with E-state index in [0.717, 1.165) is 5.56 Å². The lowest BCUT2D eigenvalue weighted by Gasteiger charge is -2.14. The number of hydrogen-bond donors (Lipinski definition) is 2. The lowest BCUT2D eigenvalue weighted by atomic mass is 10.0. The molecule has 0 aliphatic rings. The molecule has 2 N–H and O–H groups in total. The fraction of sp³-hybridized carbons (Fsp3) is 0.190. The number of aromatic nitrogens is 1. The van der Waals surface area contributed by atoms with Gasteiger partial charge in [-0.2, -0.15) is 0 Å². The zero-order valence-corrected chi connectivity index (χ0v) is 16.4. The molecule has 1 heterocycles. The maximum atomic E-state index is 11.5. The highest BCUT2D eigenvalue weighted by atomic mass is 16.7. The van der Waals surface area contributed by atoms with Crippen LogP contribution in [0.3, 0.4) is 0 Å². The SMILES string of the molecule is COc1ccc(-c2cc(OC(=O)O)c3cc(C)c(NC(C)=O)cc3n2)cc1OC. The van der Waals surface area contributed by atoms with Gasteiger partial charge in [0.05, 0.1) is 25.4 Å². The molecule has 8 nitrogen and oxygen atoms in total. The number of pyridine rings is 1. The number of fused-ring (bicyclic) bond motifs is 1. The van der Waals surface area contributed by atoms with Gasteiger partial charge in [0.1, 0.15) is 5.75 Å². The van der Waals surface area contributed by atoms with E-state index >= 15 is 0 Å². The lowest BCUT2D eigenvalue weighted by molar-refractivity contribution is -0.114. The number of aryl methyl sites for hydroxylation is 1. The van der Waals surface area contributed by atoms with Crippen LogP contribution in [0.25, 0.3) is 22.2 Å². The van der Waals surface area contributed by atoms with Crippen molar-refractivity contribution in [2.24, 2.45) is 0 Å². The van der Waals surface area contributed by atoms with Crippen LogP contribution >= 0.6 is 0 Å². The third kappa shape index (κ3) is 4.21. The van der Waals surface area contributed by atoms with Gasteiger partial charge in [-0.25, -0.2) is 9.78 Å². The quantitative estimate of drug-likeness (QED) is 0.621. The third-order valence-corrected chi connectivity index (χ3v) is 4.30. The second-order valence-electron chi connectivity index (χ2n) is 6.31. The Morgan fingerprint density at radius 1 is 1.00 bits per heavy atom. The predicted molar refractivity (Wildman–Crippen MR) is 108 cm³/mol. The number of carbonyl (C=O) groups is 2. The Hall–Kier alpha value is -3.81. The molecule has 0 bridgehead atoms. The van der Waals surface area contributed by atoms with Crippen LogP contribution in [-0.2, 0) is 4.79 Å². The van der Waals surface area contributed by atoms with Crippen molar-refractivity contribution in [3.05, 3.63) is 42.0 Å². The summed E-state index contributed by atoms with van der Waals surface area (Å²) < 4.78 is 15.6. The van der Waals surface area contributed by atoms with Gasteiger partial charge in [0, 0.05) is 29.6 Å². The van der Waals surface area contributed by atoms with E-state index in [9.17, 15) is 9.59 Å². The smallest absolute Gasteiger partial charge is 0.493 e. The molecule has 0 saturated heterocycles. The number of rotatable bonds is 5. The maximum Gasteiger partial charge on any atom is 0.511 e. The molecule has 0 spiro atoms. The first-order valence-corrected chi connectivity index (χ1v) is 8.68. The number of anilines is 1. The number of nitrogens with zero attached hydrogens (tertiary/aromatic N) is 1. The number of carboxylic acid groups (broad SMARTS) is 1. The predicted octanol–water partition coefficient (Wildman–Crippen LogP) is 4.24. The Morgan fingerprint density at radius 3 is 2.34 bits per heavy atom. The lowest BCUT2D eigenvalue weighted by Crippen LogP contribution is -2.08. The molecule has 3 rings (SSSR count). The topological polar surface area (TPSA) is 107 Å². The third-order valence-electron chi connectivity index (χ3n) is 4.30. The number of benzene rings is 2. The molecule has 1 amide bonds. The van der Waals surface area contributed by atoms with E-state index in [1.54, 1.807) is 43.3 Å². The summed E-state index contributed by atoms with van der Waals surface area (Å²) in [6.07, 6.45) is -1.43. The molecule has 0 unspecified atom stereocenters. The first-order valence-electron chi connectivity index (χ1n) is 8.68. The number of nitrogens with one attached hydrogen (secondary N) is 1. The number of amides is 1. The van der Waals surface area contributed by atoms with Crippen molar-refractivity contribution in [2.75, 3.05) is 19.5 Å². The second-order valence-corrected chi connectivity index (χ2v) is 6.31. The van der Waals surface area contributed by atoms with Crippen LogP contribution in [0.1, 0.15) is 12.5 Å². The van der Waals surface area contributed by atoms with Crippen molar-refractivity contribution in [1.82, 2.24) is 4.98 Å². The molecule has 0 aliphatic heterocycles. The van der Waals surface area contributed by atoms with Crippen LogP contribution in [0.2, 0.25) is 0 Å². The summed E-state index contributed by atoms with van der Waals surface area (Å²) in [5.74, 6) is 0.994. The van der Waals surface area contributed by atoms with Gasteiger partial charge in [0.2, 0.25) is 5.91 Å². The molecular weight excluding hydrogens is 376 g/mol. The minimum Gasteiger partial charge on any atom is -0.493 e. The summed E-state index contributed by atoms with van der Waals surface area (Å²) in [5.41, 5.74) is 2.98. The zero-order chi connectivity index (χ0) is 21.1. The molecule has 0 radical (unpaired) electrons. The molecule has 29 heavy (non-hydrogen) atoms. The van der Waals surface area contributed by atoms with Gasteiger partial charge in [-0.15, -0.1) is 0 Å². The average Bonchev–Trinajstić information content (AvgIpc) is 2.67. The Kier molecular flexibility index (Phi) is 5.54. The second kappa shape index (κ2) is 8.05. The molecule has 0 aliphatic carbocycles. The zero-order valence-electron chi connectivity index (χ0n) is 16.4. The Balaban J connectivity index is 2.23. The fourth-order valence-corrected chi connectivity index (χ4v) is 3.00. The molecular formula is C21H20N2O6. The van der Waals surface area contributed by atoms with Crippen LogP contribution in [0.4, 0.5) is 10.5 Å². The van der Waals surface area contributed by atoms with E-state index in [4.69, 9.17) is 19.3 Å². The Bertz CT molecular complexity index is 1110. The fourth-order valence-electron chi connectivity index (χ4n) is 3.00. The minimum absolute atomic E-state index is 0.143. The largest absolute Gasteiger partial charge is 0.511 e. The van der Waals surface area contributed by atoms with Crippen molar-refractivity contribution in [3.8, 4) is 28.5 Å². The number of carbonyl (C=O) groups excluding carboxylic acids is 1. The van der Waals surface area contributed by atoms with E-state index in [1.807, 2.05) is 0 Å². The Labute approximate surface area is 167 Å². The van der Waals surface area contributed by atoms with E-state index < -0.39 is 6.16 Å². The van der Waals surface area contributed by atoms with Gasteiger partial charge in [-0.05, 0) is 42.8 Å². The summed E-state index contributed by atoms with van der Waals surface area (Å²) in [5, 5.41) is 12.4. The molecule has 3 aromatic rings. The summed E-state index contributed by atoms with van der Waals surface area (Å²) in [6.45, 7) is 3.22. The maximum absolute atomic E-state index is 11.5. The van der Waals surface area contributed by atoms with Gasteiger partial charge in [-0.3, -0.25) is 4.79 Å². The van der Waals surface area contributed by atoms with Gasteiger partial charge in [-0.1, -0.05) is 0 Å². The molecule has 0 fully saturated rings. The van der Waals surface area contributed by atoms with Crippen LogP contribution in [-0.4, -0.2) is 36.4 Å². The summed E-state index contributed by atoms with van der Waals surface area (Å²) in [6, 6.07) is 10.2. The van der Waals surface area contributed by atoms with Crippen LogP contribution in [0.5, 0.6) is 17.2 Å². The van der Waals surface area contributed by atoms with E-state index in [1.165, 1.54) is 21.1 Å². The van der Waals surface area contributed by atoms with Crippen molar-refractivity contribution < 1.29 is 28.9 Å². The molecule has 150 valence electrons. The highest BCUT2D eigenvalue weighted by Gasteiger charge is 2.15. The van der Waals surface area contributed by atoms with Crippen molar-refractivity contribution >= 4 is 28.7 Å². The molecule has 0 saturated carbocycles. The summed E-state index contributed by atoms with van der Waals surface area (Å²) in [4.78, 5) is 27.3. The summed E-state index contributed by atoms with van der Waals surface area (Å²) in [7, 11) is 3.06. The molecule has 0 atom stereocenters. The van der Waals surface area contributed by atoms with Crippen LogP contribution in [0, 0.1) is 6.92 Å². The minimum atomic E-state index is -1.43. The van der Waals surface area contributed by atoms with Gasteiger partial charge >= 0.3 is 6.16 Å². The van der Waals surface area contributed by atoms with Gasteiger partial charge < -0.3 is 24.6 Å². The molecule has 8 heteroatoms.